The second kappa shape index (κ2) is 6.26. The van der Waals surface area contributed by atoms with Gasteiger partial charge >= 0.3 is 0 Å². The van der Waals surface area contributed by atoms with Gasteiger partial charge in [-0.2, -0.15) is 0 Å². The van der Waals surface area contributed by atoms with E-state index in [0.29, 0.717) is 11.3 Å². The quantitative estimate of drug-likeness (QED) is 0.647. The molecule has 0 radical (unpaired) electrons. The first kappa shape index (κ1) is 18.1. The lowest BCUT2D eigenvalue weighted by Gasteiger charge is -2.35. The predicted molar refractivity (Wildman–Crippen MR) is 117 cm³/mol. The standard InChI is InChI=1S/C25H21NO2S/c1-18(19-11-5-3-6-12-19)24(20-13-7-4-8-14-20)17-25(24)23(27)26(2)21-15-9-10-16-22(21)29(25)28/h3-16H,1,17H2,2H3/t24-,25+,29?/m0/s1. The number of benzene rings is 3. The topological polar surface area (TPSA) is 37.4 Å². The van der Waals surface area contributed by atoms with E-state index in [-0.39, 0.29) is 5.91 Å². The van der Waals surface area contributed by atoms with E-state index in [1.54, 1.807) is 11.9 Å². The molecule has 3 atom stereocenters. The third kappa shape index (κ3) is 2.24. The number of nitrogens with zero attached hydrogens (tertiary/aromatic N) is 1. The number of hydrogen-bond acceptors (Lipinski definition) is 2. The van der Waals surface area contributed by atoms with E-state index in [1.165, 1.54) is 0 Å². The Morgan fingerprint density at radius 3 is 2.21 bits per heavy atom. The van der Waals surface area contributed by atoms with Crippen molar-refractivity contribution in [2.45, 2.75) is 21.5 Å². The van der Waals surface area contributed by atoms with Gasteiger partial charge in [0.2, 0.25) is 5.91 Å². The van der Waals surface area contributed by atoms with Gasteiger partial charge in [-0.3, -0.25) is 9.00 Å². The smallest absolute Gasteiger partial charge is 0.247 e. The van der Waals surface area contributed by atoms with Gasteiger partial charge in [0.15, 0.2) is 0 Å². The Morgan fingerprint density at radius 1 is 0.931 bits per heavy atom. The van der Waals surface area contributed by atoms with Crippen LogP contribution in [0, 0.1) is 0 Å². The zero-order chi connectivity index (χ0) is 20.2. The van der Waals surface area contributed by atoms with E-state index in [2.05, 4.69) is 6.58 Å². The van der Waals surface area contributed by atoms with E-state index in [1.807, 2.05) is 84.9 Å². The molecule has 1 unspecified atom stereocenters. The van der Waals surface area contributed by atoms with Crippen molar-refractivity contribution in [3.05, 3.63) is 103 Å². The summed E-state index contributed by atoms with van der Waals surface area (Å²) in [5.41, 5.74) is 2.83. The van der Waals surface area contributed by atoms with E-state index in [9.17, 15) is 9.00 Å². The van der Waals surface area contributed by atoms with E-state index in [4.69, 9.17) is 0 Å². The molecule has 1 fully saturated rings. The lowest BCUT2D eigenvalue weighted by atomic mass is 9.82. The fraction of sp³-hybridized carbons (Fsp3) is 0.160. The molecule has 0 N–H and O–H groups in total. The lowest BCUT2D eigenvalue weighted by Crippen LogP contribution is -2.49. The van der Waals surface area contributed by atoms with Crippen molar-refractivity contribution in [3.63, 3.8) is 0 Å². The highest BCUT2D eigenvalue weighted by Gasteiger charge is 2.79. The maximum atomic E-state index is 13.9. The van der Waals surface area contributed by atoms with Crippen LogP contribution in [0.4, 0.5) is 5.69 Å². The molecule has 4 heteroatoms. The molecule has 2 aliphatic rings. The molecule has 0 aromatic heterocycles. The molecule has 1 spiro atoms. The molecule has 3 nitrogen and oxygen atoms in total. The Morgan fingerprint density at radius 2 is 1.52 bits per heavy atom. The van der Waals surface area contributed by atoms with E-state index in [0.717, 1.165) is 22.4 Å². The Kier molecular flexibility index (Phi) is 3.90. The van der Waals surface area contributed by atoms with E-state index < -0.39 is 21.0 Å². The second-order valence-electron chi connectivity index (χ2n) is 7.72. The Labute approximate surface area is 173 Å². The Bertz CT molecular complexity index is 1160. The maximum absolute atomic E-state index is 13.9. The number of carbonyl (C=O) groups excluding carboxylic acids is 1. The molecule has 1 aliphatic heterocycles. The molecule has 3 aromatic rings. The maximum Gasteiger partial charge on any atom is 0.247 e. The molecular formula is C25H21NO2S. The van der Waals surface area contributed by atoms with Crippen LogP contribution in [0.1, 0.15) is 17.5 Å². The van der Waals surface area contributed by atoms with Crippen LogP contribution in [0.25, 0.3) is 5.57 Å². The van der Waals surface area contributed by atoms with Gasteiger partial charge in [0.25, 0.3) is 0 Å². The van der Waals surface area contributed by atoms with Gasteiger partial charge in [-0.05, 0) is 35.3 Å². The van der Waals surface area contributed by atoms with Crippen LogP contribution in [-0.2, 0) is 21.0 Å². The number of carbonyl (C=O) groups is 1. The molecule has 29 heavy (non-hydrogen) atoms. The molecule has 144 valence electrons. The van der Waals surface area contributed by atoms with Crippen LogP contribution in [0.5, 0.6) is 0 Å². The molecule has 3 aromatic carbocycles. The summed E-state index contributed by atoms with van der Waals surface area (Å²) in [6.45, 7) is 4.43. The first-order valence-corrected chi connectivity index (χ1v) is 10.8. The highest BCUT2D eigenvalue weighted by atomic mass is 32.2. The van der Waals surface area contributed by atoms with Crippen LogP contribution in [0.3, 0.4) is 0 Å². The minimum atomic E-state index is -1.48. The SMILES string of the molecule is C=C(c1ccccc1)[C@]1(c2ccccc2)C[C@@]12C(=O)N(C)c1ccccc1S2=O. The van der Waals surface area contributed by atoms with Gasteiger partial charge in [-0.1, -0.05) is 79.4 Å². The number of para-hydroxylation sites is 1. The second-order valence-corrected chi connectivity index (χ2v) is 9.39. The molecule has 5 rings (SSSR count). The number of fused-ring (bicyclic) bond motifs is 1. The number of anilines is 1. The fourth-order valence-corrected chi connectivity index (χ4v) is 6.99. The third-order valence-corrected chi connectivity index (χ3v) is 8.42. The van der Waals surface area contributed by atoms with Gasteiger partial charge in [-0.15, -0.1) is 0 Å². The monoisotopic (exact) mass is 399 g/mol. The van der Waals surface area contributed by atoms with E-state index >= 15 is 0 Å². The van der Waals surface area contributed by atoms with Crippen molar-refractivity contribution >= 4 is 28.0 Å². The minimum Gasteiger partial charge on any atom is -0.313 e. The van der Waals surface area contributed by atoms with Gasteiger partial charge in [-0.25, -0.2) is 0 Å². The first-order valence-electron chi connectivity index (χ1n) is 9.63. The summed E-state index contributed by atoms with van der Waals surface area (Å²) in [5.74, 6) is -0.101. The summed E-state index contributed by atoms with van der Waals surface area (Å²) in [4.78, 5) is 16.1. The number of rotatable bonds is 3. The normalized spacial score (nSPS) is 27.6. The van der Waals surface area contributed by atoms with Gasteiger partial charge in [0.05, 0.1) is 21.4 Å². The number of amides is 1. The van der Waals surface area contributed by atoms with Crippen LogP contribution in [0.2, 0.25) is 0 Å². The van der Waals surface area contributed by atoms with Crippen LogP contribution in [0.15, 0.2) is 96.4 Å². The summed E-state index contributed by atoms with van der Waals surface area (Å²) < 4.78 is 12.9. The minimum absolute atomic E-state index is 0.101. The van der Waals surface area contributed by atoms with Crippen LogP contribution < -0.4 is 4.90 Å². The molecule has 1 saturated carbocycles. The number of hydrogen-bond donors (Lipinski definition) is 0. The highest BCUT2D eigenvalue weighted by molar-refractivity contribution is 7.88. The fourth-order valence-electron chi connectivity index (χ4n) is 4.82. The average Bonchev–Trinajstić information content (AvgIpc) is 3.49. The Balaban J connectivity index is 1.75. The highest BCUT2D eigenvalue weighted by Crippen LogP contribution is 2.70. The molecular weight excluding hydrogens is 378 g/mol. The van der Waals surface area contributed by atoms with Crippen molar-refractivity contribution in [1.29, 1.82) is 0 Å². The van der Waals surface area contributed by atoms with Crippen molar-refractivity contribution in [2.24, 2.45) is 0 Å². The van der Waals surface area contributed by atoms with Crippen molar-refractivity contribution < 1.29 is 9.00 Å². The van der Waals surface area contributed by atoms with Gasteiger partial charge in [0, 0.05) is 12.5 Å². The first-order chi connectivity index (χ1) is 14.0. The average molecular weight is 400 g/mol. The molecule has 0 saturated heterocycles. The largest absolute Gasteiger partial charge is 0.313 e. The summed E-state index contributed by atoms with van der Waals surface area (Å²) in [6.07, 6.45) is 0.488. The Hall–Kier alpha value is -2.98. The molecule has 1 amide bonds. The molecule has 1 aliphatic carbocycles. The zero-order valence-electron chi connectivity index (χ0n) is 16.2. The summed E-state index contributed by atoms with van der Waals surface area (Å²) in [5, 5.41) is 0. The number of allylic oxidation sites excluding steroid dienone is 1. The summed E-state index contributed by atoms with van der Waals surface area (Å²) in [7, 11) is 0.295. The lowest BCUT2D eigenvalue weighted by molar-refractivity contribution is -0.119. The molecule has 0 bridgehead atoms. The predicted octanol–water partition coefficient (Wildman–Crippen LogP) is 4.56. The summed E-state index contributed by atoms with van der Waals surface area (Å²) in [6, 6.07) is 27.3. The van der Waals surface area contributed by atoms with Gasteiger partial charge < -0.3 is 4.90 Å². The van der Waals surface area contributed by atoms with Crippen molar-refractivity contribution in [3.8, 4) is 0 Å². The van der Waals surface area contributed by atoms with Crippen molar-refractivity contribution in [1.82, 2.24) is 0 Å². The zero-order valence-corrected chi connectivity index (χ0v) is 17.0. The summed E-state index contributed by atoms with van der Waals surface area (Å²) >= 11 is 0. The van der Waals surface area contributed by atoms with Gasteiger partial charge in [0.1, 0.15) is 4.75 Å². The molecule has 1 heterocycles. The van der Waals surface area contributed by atoms with Crippen molar-refractivity contribution in [2.75, 3.05) is 11.9 Å². The van der Waals surface area contributed by atoms with Crippen LogP contribution >= 0.6 is 0 Å². The third-order valence-electron chi connectivity index (χ3n) is 6.38. The van der Waals surface area contributed by atoms with Crippen LogP contribution in [-0.4, -0.2) is 21.9 Å².